The molecule has 0 aliphatic carbocycles. The van der Waals surface area contributed by atoms with E-state index in [2.05, 4.69) is 33.2 Å². The highest BCUT2D eigenvalue weighted by Gasteiger charge is 2.37. The first kappa shape index (κ1) is 23.9. The monoisotopic (exact) mass is 543 g/mol. The van der Waals surface area contributed by atoms with Crippen molar-refractivity contribution < 1.29 is 22.7 Å². The van der Waals surface area contributed by atoms with Crippen molar-refractivity contribution in [3.05, 3.63) is 88.4 Å². The van der Waals surface area contributed by atoms with E-state index >= 15 is 0 Å². The quantitative estimate of drug-likeness (QED) is 0.326. The lowest BCUT2D eigenvalue weighted by Gasteiger charge is -2.30. The molecule has 10 heteroatoms. The third kappa shape index (κ3) is 5.14. The summed E-state index contributed by atoms with van der Waals surface area (Å²) in [6, 6.07) is 19.4. The molecule has 1 heterocycles. The van der Waals surface area contributed by atoms with Gasteiger partial charge in [0.25, 0.3) is 5.91 Å². The molecule has 8 nitrogen and oxygen atoms in total. The minimum atomic E-state index is -4.10. The second kappa shape index (κ2) is 10.4. The number of benzene rings is 3. The summed E-state index contributed by atoms with van der Waals surface area (Å²) in [6.07, 6.45) is 0.395. The number of amides is 1. The predicted molar refractivity (Wildman–Crippen MR) is 131 cm³/mol. The van der Waals surface area contributed by atoms with Crippen molar-refractivity contribution in [2.45, 2.75) is 17.4 Å². The van der Waals surface area contributed by atoms with Gasteiger partial charge in [0.05, 0.1) is 4.90 Å². The first-order valence-corrected chi connectivity index (χ1v) is 12.6. The van der Waals surface area contributed by atoms with Gasteiger partial charge in [-0.15, -0.1) is 0 Å². The van der Waals surface area contributed by atoms with Crippen LogP contribution in [0.25, 0.3) is 0 Å². The third-order valence-corrected chi connectivity index (χ3v) is 7.73. The van der Waals surface area contributed by atoms with Gasteiger partial charge in [0.2, 0.25) is 16.8 Å². The summed E-state index contributed by atoms with van der Waals surface area (Å²) >= 11 is 3.33. The SMILES string of the molecule is C=NNC(=O)C(c1ccc2c(c1)OCO2)N(CCc1ccccc1)S(=O)(=O)c1ccc(Br)cc1. The van der Waals surface area contributed by atoms with Gasteiger partial charge >= 0.3 is 0 Å². The Morgan fingerprint density at radius 3 is 2.47 bits per heavy atom. The standard InChI is InChI=1S/C24H22BrN3O5S/c1-26-27-24(29)23(18-7-12-21-22(15-18)33-16-32-21)28(14-13-17-5-3-2-4-6-17)34(30,31)20-10-8-19(25)9-11-20/h2-12,15,23H,1,13-14,16H2,(H,27,29). The van der Waals surface area contributed by atoms with E-state index in [4.69, 9.17) is 9.47 Å². The zero-order chi connectivity index (χ0) is 24.1. The molecule has 34 heavy (non-hydrogen) atoms. The number of hydrazone groups is 1. The number of hydrogen-bond acceptors (Lipinski definition) is 6. The number of sulfonamides is 1. The van der Waals surface area contributed by atoms with Crippen LogP contribution in [0.1, 0.15) is 17.2 Å². The lowest BCUT2D eigenvalue weighted by molar-refractivity contribution is -0.125. The van der Waals surface area contributed by atoms with Gasteiger partial charge in [-0.3, -0.25) is 4.79 Å². The summed E-state index contributed by atoms with van der Waals surface area (Å²) in [7, 11) is -4.10. The molecule has 1 unspecified atom stereocenters. The number of hydrogen-bond donors (Lipinski definition) is 1. The van der Waals surface area contributed by atoms with Gasteiger partial charge in [0.1, 0.15) is 6.04 Å². The highest BCUT2D eigenvalue weighted by Crippen LogP contribution is 2.37. The molecule has 1 N–H and O–H groups in total. The van der Waals surface area contributed by atoms with Crippen molar-refractivity contribution in [3.63, 3.8) is 0 Å². The van der Waals surface area contributed by atoms with Gasteiger partial charge in [-0.1, -0.05) is 52.3 Å². The molecule has 1 atom stereocenters. The van der Waals surface area contributed by atoms with Gasteiger partial charge in [0, 0.05) is 17.7 Å². The Bertz CT molecular complexity index is 1280. The molecule has 0 radical (unpaired) electrons. The fraction of sp³-hybridized carbons (Fsp3) is 0.167. The Hall–Kier alpha value is -3.21. The maximum Gasteiger partial charge on any atom is 0.263 e. The minimum Gasteiger partial charge on any atom is -0.454 e. The van der Waals surface area contributed by atoms with E-state index in [1.807, 2.05) is 30.3 Å². The van der Waals surface area contributed by atoms with Crippen LogP contribution in [0, 0.1) is 0 Å². The summed E-state index contributed by atoms with van der Waals surface area (Å²) in [5.74, 6) is 0.324. The fourth-order valence-electron chi connectivity index (χ4n) is 3.68. The fourth-order valence-corrected chi connectivity index (χ4v) is 5.53. The largest absolute Gasteiger partial charge is 0.454 e. The molecule has 176 valence electrons. The molecule has 0 saturated carbocycles. The third-order valence-electron chi connectivity index (χ3n) is 5.32. The van der Waals surface area contributed by atoms with Crippen LogP contribution in [0.5, 0.6) is 11.5 Å². The summed E-state index contributed by atoms with van der Waals surface area (Å²) < 4.78 is 40.4. The molecule has 1 aliphatic rings. The number of nitrogens with one attached hydrogen (secondary N) is 1. The predicted octanol–water partition coefficient (Wildman–Crippen LogP) is 3.88. The van der Waals surface area contributed by atoms with Crippen molar-refractivity contribution in [1.82, 2.24) is 9.73 Å². The van der Waals surface area contributed by atoms with Crippen molar-refractivity contribution >= 4 is 38.6 Å². The number of rotatable bonds is 9. The highest BCUT2D eigenvalue weighted by molar-refractivity contribution is 9.10. The molecular formula is C24H22BrN3O5S. The molecule has 0 spiro atoms. The minimum absolute atomic E-state index is 0.0477. The van der Waals surface area contributed by atoms with Crippen molar-refractivity contribution in [1.29, 1.82) is 0 Å². The molecule has 1 amide bonds. The van der Waals surface area contributed by atoms with Crippen LogP contribution in [0.2, 0.25) is 0 Å². The molecular weight excluding hydrogens is 522 g/mol. The van der Waals surface area contributed by atoms with Gasteiger partial charge in [-0.2, -0.15) is 9.41 Å². The van der Waals surface area contributed by atoms with Crippen LogP contribution in [-0.4, -0.2) is 38.7 Å². The van der Waals surface area contributed by atoms with Crippen molar-refractivity contribution in [3.8, 4) is 11.5 Å². The lowest BCUT2D eigenvalue weighted by Crippen LogP contribution is -2.43. The number of carbonyl (C=O) groups excluding carboxylic acids is 1. The topological polar surface area (TPSA) is 97.3 Å². The van der Waals surface area contributed by atoms with Gasteiger partial charge in [-0.05, 0) is 53.9 Å². The average Bonchev–Trinajstić information content (AvgIpc) is 3.30. The van der Waals surface area contributed by atoms with Gasteiger partial charge < -0.3 is 9.47 Å². The normalized spacial score (nSPS) is 13.5. The van der Waals surface area contributed by atoms with E-state index in [0.717, 1.165) is 10.0 Å². The second-order valence-corrected chi connectivity index (χ2v) is 10.3. The van der Waals surface area contributed by atoms with E-state index in [0.29, 0.717) is 23.5 Å². The molecule has 3 aromatic carbocycles. The first-order chi connectivity index (χ1) is 16.4. The Morgan fingerprint density at radius 1 is 1.06 bits per heavy atom. The molecule has 0 fully saturated rings. The van der Waals surface area contributed by atoms with Crippen molar-refractivity contribution in [2.24, 2.45) is 5.10 Å². The van der Waals surface area contributed by atoms with Crippen LogP contribution >= 0.6 is 15.9 Å². The number of nitrogens with zero attached hydrogens (tertiary/aromatic N) is 2. The number of carbonyl (C=O) groups is 1. The van der Waals surface area contributed by atoms with E-state index in [1.54, 1.807) is 30.3 Å². The maximum atomic E-state index is 13.9. The van der Waals surface area contributed by atoms with E-state index in [9.17, 15) is 13.2 Å². The summed E-state index contributed by atoms with van der Waals surface area (Å²) in [4.78, 5) is 13.3. The Balaban J connectivity index is 1.80. The van der Waals surface area contributed by atoms with Crippen molar-refractivity contribution in [2.75, 3.05) is 13.3 Å². The van der Waals surface area contributed by atoms with Crippen LogP contribution in [0.3, 0.4) is 0 Å². The zero-order valence-corrected chi connectivity index (χ0v) is 20.5. The Labute approximate surface area is 206 Å². The summed E-state index contributed by atoms with van der Waals surface area (Å²) in [6.45, 7) is 3.42. The average molecular weight is 544 g/mol. The maximum absolute atomic E-state index is 13.9. The first-order valence-electron chi connectivity index (χ1n) is 10.4. The second-order valence-electron chi connectivity index (χ2n) is 7.45. The summed E-state index contributed by atoms with van der Waals surface area (Å²) in [5, 5.41) is 3.49. The van der Waals surface area contributed by atoms with E-state index < -0.39 is 22.0 Å². The molecule has 0 saturated heterocycles. The van der Waals surface area contributed by atoms with E-state index in [-0.39, 0.29) is 18.2 Å². The molecule has 4 rings (SSSR count). The van der Waals surface area contributed by atoms with Crippen LogP contribution in [-0.2, 0) is 21.2 Å². The Kier molecular flexibility index (Phi) is 7.30. The zero-order valence-electron chi connectivity index (χ0n) is 18.1. The van der Waals surface area contributed by atoms with Gasteiger partial charge in [-0.25, -0.2) is 13.8 Å². The molecule has 1 aliphatic heterocycles. The lowest BCUT2D eigenvalue weighted by atomic mass is 10.0. The van der Waals surface area contributed by atoms with Gasteiger partial charge in [0.15, 0.2) is 11.5 Å². The number of ether oxygens (including phenoxy) is 2. The highest BCUT2D eigenvalue weighted by atomic mass is 79.9. The Morgan fingerprint density at radius 2 is 1.76 bits per heavy atom. The van der Waals surface area contributed by atoms with Crippen LogP contribution < -0.4 is 14.9 Å². The number of fused-ring (bicyclic) bond motifs is 1. The molecule has 3 aromatic rings. The van der Waals surface area contributed by atoms with E-state index in [1.165, 1.54) is 16.4 Å². The van der Waals surface area contributed by atoms with Crippen LogP contribution in [0.15, 0.2) is 87.3 Å². The molecule has 0 bridgehead atoms. The molecule has 0 aromatic heterocycles. The number of halogens is 1. The summed E-state index contributed by atoms with van der Waals surface area (Å²) in [5.41, 5.74) is 3.66. The smallest absolute Gasteiger partial charge is 0.263 e. The van der Waals surface area contributed by atoms with Crippen LogP contribution in [0.4, 0.5) is 0 Å².